The number of hydrogen-bond donors (Lipinski definition) is 1. The van der Waals surface area contributed by atoms with E-state index >= 15 is 0 Å². The van der Waals surface area contributed by atoms with Gasteiger partial charge >= 0.3 is 0 Å². The van der Waals surface area contributed by atoms with Gasteiger partial charge in [0.25, 0.3) is 5.91 Å². The van der Waals surface area contributed by atoms with Gasteiger partial charge in [0.05, 0.1) is 13.2 Å². The average molecular weight is 186 g/mol. The Morgan fingerprint density at radius 2 is 2.23 bits per heavy atom. The molecule has 0 spiro atoms. The predicted molar refractivity (Wildman–Crippen MR) is 49.7 cm³/mol. The van der Waals surface area contributed by atoms with Crippen molar-refractivity contribution in [3.63, 3.8) is 0 Å². The van der Waals surface area contributed by atoms with E-state index < -0.39 is 6.04 Å². The molecule has 1 unspecified atom stereocenters. The van der Waals surface area contributed by atoms with Gasteiger partial charge in [-0.25, -0.2) is 5.06 Å². The quantitative estimate of drug-likeness (QED) is 0.696. The highest BCUT2D eigenvalue weighted by Gasteiger charge is 2.30. The van der Waals surface area contributed by atoms with E-state index in [0.717, 1.165) is 12.8 Å². The van der Waals surface area contributed by atoms with E-state index in [-0.39, 0.29) is 5.91 Å². The topological polar surface area (TPSA) is 55.6 Å². The van der Waals surface area contributed by atoms with Crippen LogP contribution in [0.25, 0.3) is 0 Å². The molecule has 13 heavy (non-hydrogen) atoms. The van der Waals surface area contributed by atoms with Crippen molar-refractivity contribution in [3.05, 3.63) is 0 Å². The number of carbonyl (C=O) groups is 1. The zero-order valence-corrected chi connectivity index (χ0v) is 8.32. The molecular weight excluding hydrogens is 168 g/mol. The summed E-state index contributed by atoms with van der Waals surface area (Å²) in [5.74, 6) is 0.446. The van der Waals surface area contributed by atoms with Crippen molar-refractivity contribution in [2.24, 2.45) is 11.7 Å². The minimum absolute atomic E-state index is 0.0769. The monoisotopic (exact) mass is 186 g/mol. The maximum atomic E-state index is 11.3. The molecular formula is C9H18N2O2. The lowest BCUT2D eigenvalue weighted by Crippen LogP contribution is -2.36. The van der Waals surface area contributed by atoms with Crippen molar-refractivity contribution in [3.8, 4) is 0 Å². The number of rotatable bonds is 4. The first-order valence-electron chi connectivity index (χ1n) is 4.88. The number of carbonyl (C=O) groups excluding carboxylic acids is 1. The lowest BCUT2D eigenvalue weighted by atomic mass is 10.0. The second-order valence-corrected chi connectivity index (χ2v) is 3.48. The van der Waals surface area contributed by atoms with Gasteiger partial charge in [-0.05, 0) is 5.92 Å². The molecule has 1 fully saturated rings. The van der Waals surface area contributed by atoms with Crippen LogP contribution in [0.15, 0.2) is 0 Å². The van der Waals surface area contributed by atoms with E-state index in [1.54, 1.807) is 0 Å². The van der Waals surface area contributed by atoms with Crippen molar-refractivity contribution in [2.75, 3.05) is 13.2 Å². The van der Waals surface area contributed by atoms with E-state index in [4.69, 9.17) is 10.6 Å². The van der Waals surface area contributed by atoms with E-state index in [2.05, 4.69) is 13.8 Å². The molecule has 1 rings (SSSR count). The van der Waals surface area contributed by atoms with Gasteiger partial charge in [0.2, 0.25) is 0 Å². The molecule has 0 saturated carbocycles. The molecule has 4 nitrogen and oxygen atoms in total. The molecule has 76 valence electrons. The van der Waals surface area contributed by atoms with Gasteiger partial charge in [0.1, 0.15) is 6.04 Å². The third-order valence-corrected chi connectivity index (χ3v) is 2.55. The molecule has 0 aromatic carbocycles. The number of nitrogens with two attached hydrogens (primary N) is 1. The van der Waals surface area contributed by atoms with Crippen LogP contribution in [-0.2, 0) is 9.63 Å². The summed E-state index contributed by atoms with van der Waals surface area (Å²) in [6.07, 6.45) is 2.14. The molecule has 0 aromatic heterocycles. The van der Waals surface area contributed by atoms with Crippen LogP contribution in [-0.4, -0.2) is 30.2 Å². The first kappa shape index (κ1) is 10.5. The first-order chi connectivity index (χ1) is 6.19. The molecule has 0 aliphatic carbocycles. The van der Waals surface area contributed by atoms with Crippen molar-refractivity contribution in [2.45, 2.75) is 32.7 Å². The van der Waals surface area contributed by atoms with E-state index in [9.17, 15) is 4.79 Å². The zero-order valence-electron chi connectivity index (χ0n) is 8.32. The molecule has 1 aliphatic rings. The van der Waals surface area contributed by atoms with Crippen LogP contribution >= 0.6 is 0 Å². The molecule has 0 aromatic rings. The molecule has 1 heterocycles. The van der Waals surface area contributed by atoms with Crippen LogP contribution in [0.2, 0.25) is 0 Å². The molecule has 0 bridgehead atoms. The van der Waals surface area contributed by atoms with Crippen LogP contribution in [0.3, 0.4) is 0 Å². The van der Waals surface area contributed by atoms with Crippen LogP contribution in [0.5, 0.6) is 0 Å². The SMILES string of the molecule is CCC(CC)CN1OCC(N)C1=O. The summed E-state index contributed by atoms with van der Waals surface area (Å²) in [6, 6.07) is -0.450. The fraction of sp³-hybridized carbons (Fsp3) is 0.889. The van der Waals surface area contributed by atoms with Crippen molar-refractivity contribution in [1.82, 2.24) is 5.06 Å². The van der Waals surface area contributed by atoms with E-state index in [1.807, 2.05) is 0 Å². The third kappa shape index (κ3) is 2.42. The maximum Gasteiger partial charge on any atom is 0.265 e. The Bertz CT molecular complexity index is 180. The van der Waals surface area contributed by atoms with Crippen LogP contribution in [0.4, 0.5) is 0 Å². The number of nitrogens with zero attached hydrogens (tertiary/aromatic N) is 1. The van der Waals surface area contributed by atoms with Gasteiger partial charge in [-0.2, -0.15) is 0 Å². The minimum Gasteiger partial charge on any atom is -0.318 e. The summed E-state index contributed by atoms with van der Waals surface area (Å²) in [4.78, 5) is 16.5. The minimum atomic E-state index is -0.450. The first-order valence-corrected chi connectivity index (χ1v) is 4.88. The van der Waals surface area contributed by atoms with Gasteiger partial charge in [-0.1, -0.05) is 26.7 Å². The highest BCUT2D eigenvalue weighted by Crippen LogP contribution is 2.14. The van der Waals surface area contributed by atoms with Crippen molar-refractivity contribution in [1.29, 1.82) is 0 Å². The Labute approximate surface area is 79.0 Å². The molecule has 2 N–H and O–H groups in total. The van der Waals surface area contributed by atoms with Crippen LogP contribution < -0.4 is 5.73 Å². The summed E-state index contributed by atoms with van der Waals surface area (Å²) < 4.78 is 0. The Morgan fingerprint density at radius 3 is 2.62 bits per heavy atom. The summed E-state index contributed by atoms with van der Waals surface area (Å²) in [5.41, 5.74) is 5.51. The van der Waals surface area contributed by atoms with Crippen LogP contribution in [0, 0.1) is 5.92 Å². The van der Waals surface area contributed by atoms with E-state index in [1.165, 1.54) is 5.06 Å². The predicted octanol–water partition coefficient (Wildman–Crippen LogP) is 0.524. The Balaban J connectivity index is 2.41. The van der Waals surface area contributed by atoms with Gasteiger partial charge < -0.3 is 5.73 Å². The number of amides is 1. The lowest BCUT2D eigenvalue weighted by Gasteiger charge is -2.19. The Kier molecular flexibility index (Phi) is 3.69. The molecule has 1 aliphatic heterocycles. The highest BCUT2D eigenvalue weighted by atomic mass is 16.7. The molecule has 1 saturated heterocycles. The fourth-order valence-corrected chi connectivity index (χ4v) is 1.41. The molecule has 1 atom stereocenters. The lowest BCUT2D eigenvalue weighted by molar-refractivity contribution is -0.164. The highest BCUT2D eigenvalue weighted by molar-refractivity contribution is 5.82. The second-order valence-electron chi connectivity index (χ2n) is 3.48. The largest absolute Gasteiger partial charge is 0.318 e. The molecule has 1 amide bonds. The Morgan fingerprint density at radius 1 is 1.62 bits per heavy atom. The standard InChI is InChI=1S/C9H18N2O2/c1-3-7(4-2)5-11-9(12)8(10)6-13-11/h7-8H,3-6,10H2,1-2H3. The average Bonchev–Trinajstić information content (AvgIpc) is 2.45. The van der Waals surface area contributed by atoms with Gasteiger partial charge in [0.15, 0.2) is 0 Å². The number of hydroxylamine groups is 2. The summed E-state index contributed by atoms with van der Waals surface area (Å²) in [6.45, 7) is 5.25. The summed E-state index contributed by atoms with van der Waals surface area (Å²) >= 11 is 0. The van der Waals surface area contributed by atoms with E-state index in [0.29, 0.717) is 19.1 Å². The van der Waals surface area contributed by atoms with Gasteiger partial charge in [-0.15, -0.1) is 0 Å². The van der Waals surface area contributed by atoms with Crippen molar-refractivity contribution >= 4 is 5.91 Å². The molecule has 0 radical (unpaired) electrons. The number of hydrogen-bond acceptors (Lipinski definition) is 3. The zero-order chi connectivity index (χ0) is 9.84. The summed E-state index contributed by atoms with van der Waals surface area (Å²) in [7, 11) is 0. The smallest absolute Gasteiger partial charge is 0.265 e. The second kappa shape index (κ2) is 4.58. The van der Waals surface area contributed by atoms with Crippen LogP contribution in [0.1, 0.15) is 26.7 Å². The Hall–Kier alpha value is -0.610. The van der Waals surface area contributed by atoms with Crippen molar-refractivity contribution < 1.29 is 9.63 Å². The fourth-order valence-electron chi connectivity index (χ4n) is 1.41. The third-order valence-electron chi connectivity index (χ3n) is 2.55. The van der Waals surface area contributed by atoms with Gasteiger partial charge in [-0.3, -0.25) is 9.63 Å². The maximum absolute atomic E-state index is 11.3. The normalized spacial score (nSPS) is 23.2. The van der Waals surface area contributed by atoms with Gasteiger partial charge in [0, 0.05) is 0 Å². The molecule has 4 heteroatoms. The summed E-state index contributed by atoms with van der Waals surface area (Å²) in [5, 5.41) is 1.42.